The summed E-state index contributed by atoms with van der Waals surface area (Å²) in [5, 5.41) is 0. The quantitative estimate of drug-likeness (QED) is 0.845. The van der Waals surface area contributed by atoms with Gasteiger partial charge in [-0.2, -0.15) is 0 Å². The maximum absolute atomic E-state index is 13.8. The van der Waals surface area contributed by atoms with Crippen molar-refractivity contribution in [1.29, 1.82) is 0 Å². The first-order chi connectivity index (χ1) is 10.2. The van der Waals surface area contributed by atoms with Crippen molar-refractivity contribution in [2.75, 3.05) is 47.0 Å². The number of hydrogen-bond donors (Lipinski definition) is 0. The van der Waals surface area contributed by atoms with E-state index in [4.69, 9.17) is 9.47 Å². The van der Waals surface area contributed by atoms with E-state index in [1.807, 2.05) is 6.07 Å². The van der Waals surface area contributed by atoms with Crippen LogP contribution in [0.25, 0.3) is 0 Å². The number of benzene rings is 1. The number of ether oxygens (including phenoxy) is 2. The Balaban J connectivity index is 1.77. The number of nitrogens with zero attached hydrogens (tertiary/aromatic N) is 2. The maximum Gasteiger partial charge on any atom is 0.165 e. The third-order valence-electron chi connectivity index (χ3n) is 4.47. The van der Waals surface area contributed by atoms with E-state index >= 15 is 0 Å². The van der Waals surface area contributed by atoms with Gasteiger partial charge in [-0.25, -0.2) is 4.39 Å². The first-order valence-electron chi connectivity index (χ1n) is 7.49. The molecule has 2 heterocycles. The number of rotatable bonds is 3. The lowest BCUT2D eigenvalue weighted by atomic mass is 10.1. The average Bonchev–Trinajstić information content (AvgIpc) is 2.68. The molecule has 0 amide bonds. The molecule has 2 atom stereocenters. The lowest BCUT2D eigenvalue weighted by Gasteiger charge is -2.30. The molecule has 2 aliphatic rings. The third kappa shape index (κ3) is 3.20. The Kier molecular flexibility index (Phi) is 4.42. The molecular weight excluding hydrogens is 271 g/mol. The van der Waals surface area contributed by atoms with Crippen molar-refractivity contribution in [3.05, 3.63) is 29.6 Å². The molecule has 2 aliphatic heterocycles. The zero-order valence-corrected chi connectivity index (χ0v) is 12.7. The lowest BCUT2D eigenvalue weighted by Crippen LogP contribution is -2.41. The topological polar surface area (TPSA) is 24.9 Å². The normalized spacial score (nSPS) is 27.4. The Bertz CT molecular complexity index is 497. The van der Waals surface area contributed by atoms with Crippen molar-refractivity contribution in [2.45, 2.75) is 12.6 Å². The number of fused-ring (bicyclic) bond motifs is 3. The van der Waals surface area contributed by atoms with Crippen LogP contribution >= 0.6 is 0 Å². The summed E-state index contributed by atoms with van der Waals surface area (Å²) in [5.41, 5.74) is 0.918. The second-order valence-corrected chi connectivity index (χ2v) is 6.12. The van der Waals surface area contributed by atoms with E-state index in [0.717, 1.165) is 45.0 Å². The molecule has 0 unspecified atom stereocenters. The van der Waals surface area contributed by atoms with E-state index in [1.165, 1.54) is 13.2 Å². The number of likely N-dealkylation sites (N-methyl/N-ethyl adjacent to an activating group) is 1. The first kappa shape index (κ1) is 14.8. The molecule has 1 aromatic rings. The summed E-state index contributed by atoms with van der Waals surface area (Å²) in [5.74, 6) is 0.601. The highest BCUT2D eigenvalue weighted by atomic mass is 19.1. The van der Waals surface area contributed by atoms with Crippen LogP contribution in [0.4, 0.5) is 4.39 Å². The predicted molar refractivity (Wildman–Crippen MR) is 79.0 cm³/mol. The molecule has 2 saturated heterocycles. The summed E-state index contributed by atoms with van der Waals surface area (Å²) in [6.45, 7) is 5.33. The monoisotopic (exact) mass is 294 g/mol. The Morgan fingerprint density at radius 1 is 1.29 bits per heavy atom. The van der Waals surface area contributed by atoms with Crippen LogP contribution in [0.1, 0.15) is 5.56 Å². The molecule has 0 aliphatic carbocycles. The minimum atomic E-state index is -0.287. The summed E-state index contributed by atoms with van der Waals surface area (Å²) >= 11 is 0. The predicted octanol–water partition coefficient (Wildman–Crippen LogP) is 1.60. The van der Waals surface area contributed by atoms with Crippen LogP contribution in [-0.2, 0) is 11.3 Å². The molecule has 1 aromatic carbocycles. The average molecular weight is 294 g/mol. The van der Waals surface area contributed by atoms with E-state index < -0.39 is 0 Å². The molecule has 0 spiro atoms. The van der Waals surface area contributed by atoms with E-state index in [2.05, 4.69) is 16.8 Å². The zero-order valence-electron chi connectivity index (χ0n) is 12.7. The Morgan fingerprint density at radius 3 is 2.95 bits per heavy atom. The van der Waals surface area contributed by atoms with Gasteiger partial charge in [-0.15, -0.1) is 0 Å². The van der Waals surface area contributed by atoms with Crippen LogP contribution in [0, 0.1) is 11.7 Å². The molecule has 0 N–H and O–H groups in total. The molecule has 21 heavy (non-hydrogen) atoms. The fourth-order valence-electron chi connectivity index (χ4n) is 3.42. The van der Waals surface area contributed by atoms with E-state index in [1.54, 1.807) is 6.07 Å². The summed E-state index contributed by atoms with van der Waals surface area (Å²) in [7, 11) is 3.69. The van der Waals surface area contributed by atoms with Gasteiger partial charge >= 0.3 is 0 Å². The second-order valence-electron chi connectivity index (χ2n) is 6.12. The van der Waals surface area contributed by atoms with Crippen molar-refractivity contribution < 1.29 is 13.9 Å². The van der Waals surface area contributed by atoms with Gasteiger partial charge in [0.25, 0.3) is 0 Å². The largest absolute Gasteiger partial charge is 0.493 e. The first-order valence-corrected chi connectivity index (χ1v) is 7.49. The Hall–Kier alpha value is -1.17. The van der Waals surface area contributed by atoms with Crippen molar-refractivity contribution in [1.82, 2.24) is 9.80 Å². The maximum atomic E-state index is 13.8. The second kappa shape index (κ2) is 6.30. The van der Waals surface area contributed by atoms with Crippen LogP contribution < -0.4 is 4.74 Å². The van der Waals surface area contributed by atoms with Crippen molar-refractivity contribution in [3.8, 4) is 5.75 Å². The van der Waals surface area contributed by atoms with Crippen LogP contribution in [0.3, 0.4) is 0 Å². The number of halogens is 1. The molecule has 4 nitrogen and oxygen atoms in total. The van der Waals surface area contributed by atoms with Crippen molar-refractivity contribution >= 4 is 0 Å². The third-order valence-corrected chi connectivity index (χ3v) is 4.47. The van der Waals surface area contributed by atoms with Crippen LogP contribution in [0.2, 0.25) is 0 Å². The summed E-state index contributed by atoms with van der Waals surface area (Å²) in [4.78, 5) is 4.79. The molecule has 2 bridgehead atoms. The van der Waals surface area contributed by atoms with E-state index in [0.29, 0.717) is 17.7 Å². The zero-order chi connectivity index (χ0) is 14.8. The van der Waals surface area contributed by atoms with Gasteiger partial charge in [0.1, 0.15) is 0 Å². The highest BCUT2D eigenvalue weighted by Gasteiger charge is 2.31. The number of hydrogen-bond acceptors (Lipinski definition) is 4. The highest BCUT2D eigenvalue weighted by molar-refractivity contribution is 5.34. The fourth-order valence-corrected chi connectivity index (χ4v) is 3.42. The van der Waals surface area contributed by atoms with Gasteiger partial charge in [0.2, 0.25) is 0 Å². The molecule has 3 rings (SSSR count). The molecule has 116 valence electrons. The molecule has 0 radical (unpaired) electrons. The van der Waals surface area contributed by atoms with Gasteiger partial charge in [-0.05, 0) is 13.1 Å². The fraction of sp³-hybridized carbons (Fsp3) is 0.625. The minimum Gasteiger partial charge on any atom is -0.493 e. The summed E-state index contributed by atoms with van der Waals surface area (Å²) < 4.78 is 24.8. The molecule has 5 heteroatoms. The number of para-hydroxylation sites is 1. The highest BCUT2D eigenvalue weighted by Crippen LogP contribution is 2.26. The van der Waals surface area contributed by atoms with Gasteiger partial charge < -0.3 is 9.47 Å². The molecular formula is C16H23FN2O2. The summed E-state index contributed by atoms with van der Waals surface area (Å²) in [6.07, 6.45) is 0. The van der Waals surface area contributed by atoms with Gasteiger partial charge in [-0.1, -0.05) is 12.1 Å². The smallest absolute Gasteiger partial charge is 0.165 e. The lowest BCUT2D eigenvalue weighted by molar-refractivity contribution is 0.0513. The van der Waals surface area contributed by atoms with Gasteiger partial charge in [0.15, 0.2) is 11.6 Å². The Morgan fingerprint density at radius 2 is 2.14 bits per heavy atom. The molecule has 0 saturated carbocycles. The van der Waals surface area contributed by atoms with Crippen LogP contribution in [0.15, 0.2) is 18.2 Å². The summed E-state index contributed by atoms with van der Waals surface area (Å²) in [6, 6.07) is 5.56. The van der Waals surface area contributed by atoms with Crippen molar-refractivity contribution in [2.24, 2.45) is 5.92 Å². The molecule has 0 aromatic heterocycles. The van der Waals surface area contributed by atoms with E-state index in [-0.39, 0.29) is 5.82 Å². The van der Waals surface area contributed by atoms with Crippen LogP contribution in [0.5, 0.6) is 5.75 Å². The van der Waals surface area contributed by atoms with Crippen molar-refractivity contribution in [3.63, 3.8) is 0 Å². The molecule has 2 fully saturated rings. The van der Waals surface area contributed by atoms with E-state index in [9.17, 15) is 4.39 Å². The van der Waals surface area contributed by atoms with Gasteiger partial charge in [0.05, 0.1) is 20.3 Å². The standard InChI is InChI=1S/C16H23FN2O2/c1-18-6-12-7-19(9-14(18)11-21-10-12)8-13-4-3-5-15(17)16(13)20-2/h3-5,12,14H,6-11H2,1-2H3/t12-,14+/m1/s1. The SMILES string of the molecule is COc1c(F)cccc1CN1C[C@@H]2COC[C@H](C1)N(C)C2. The van der Waals surface area contributed by atoms with Gasteiger partial charge in [0, 0.05) is 43.7 Å². The van der Waals surface area contributed by atoms with Gasteiger partial charge in [-0.3, -0.25) is 9.80 Å². The Labute approximate surface area is 125 Å². The minimum absolute atomic E-state index is 0.287. The number of methoxy groups -OCH3 is 1. The van der Waals surface area contributed by atoms with Crippen LogP contribution in [-0.4, -0.2) is 62.8 Å².